The summed E-state index contributed by atoms with van der Waals surface area (Å²) in [5.41, 5.74) is 1.84. The molecule has 4 rings (SSSR count). The summed E-state index contributed by atoms with van der Waals surface area (Å²) in [4.78, 5) is 12.3. The Morgan fingerprint density at radius 1 is 1.14 bits per heavy atom. The van der Waals surface area contributed by atoms with E-state index < -0.39 is 0 Å². The molecule has 0 saturated heterocycles. The Morgan fingerprint density at radius 3 is 2.59 bits per heavy atom. The van der Waals surface area contributed by atoms with Crippen LogP contribution in [0.4, 0.5) is 5.69 Å². The van der Waals surface area contributed by atoms with E-state index in [2.05, 4.69) is 32.2 Å². The number of hydrogen-bond donors (Lipinski definition) is 1. The summed E-state index contributed by atoms with van der Waals surface area (Å²) in [5, 5.41) is 12.6. The molecule has 6 nitrogen and oxygen atoms in total. The van der Waals surface area contributed by atoms with Gasteiger partial charge in [-0.05, 0) is 56.2 Å². The molecule has 7 heteroatoms. The molecule has 1 heterocycles. The predicted octanol–water partition coefficient (Wildman–Crippen LogP) is 4.66. The molecule has 0 unspecified atom stereocenters. The second kappa shape index (κ2) is 9.13. The maximum absolute atomic E-state index is 12.3. The standard InChI is InChI=1S/C22H24N4O2S/c1-2-28-19-12-10-17(11-13-19)23-20(27)14-15-29-22-25-24-21(16-8-9-16)26(22)18-6-4-3-5-7-18/h3-7,10-13,16H,2,8-9,14-15H2,1H3,(H,23,27). The molecule has 0 atom stereocenters. The van der Waals surface area contributed by atoms with Gasteiger partial charge in [-0.25, -0.2) is 0 Å². The topological polar surface area (TPSA) is 69.0 Å². The number of thioether (sulfide) groups is 1. The maximum Gasteiger partial charge on any atom is 0.225 e. The zero-order chi connectivity index (χ0) is 20.1. The Kier molecular flexibility index (Phi) is 6.14. The highest BCUT2D eigenvalue weighted by Crippen LogP contribution is 2.41. The van der Waals surface area contributed by atoms with Crippen LogP contribution in [-0.4, -0.2) is 33.0 Å². The molecule has 0 radical (unpaired) electrons. The molecule has 1 amide bonds. The van der Waals surface area contributed by atoms with Gasteiger partial charge in [0.05, 0.1) is 6.61 Å². The predicted molar refractivity (Wildman–Crippen MR) is 115 cm³/mol. The van der Waals surface area contributed by atoms with E-state index in [1.807, 2.05) is 49.4 Å². The minimum absolute atomic E-state index is 0.0187. The van der Waals surface area contributed by atoms with Crippen molar-refractivity contribution in [3.8, 4) is 11.4 Å². The number of ether oxygens (including phenoxy) is 1. The SMILES string of the molecule is CCOc1ccc(NC(=O)CCSc2nnc(C3CC3)n2-c2ccccc2)cc1. The average molecular weight is 409 g/mol. The molecule has 150 valence electrons. The van der Waals surface area contributed by atoms with E-state index >= 15 is 0 Å². The monoisotopic (exact) mass is 408 g/mol. The second-order valence-electron chi connectivity index (χ2n) is 6.89. The highest BCUT2D eigenvalue weighted by molar-refractivity contribution is 7.99. The maximum atomic E-state index is 12.3. The summed E-state index contributed by atoms with van der Waals surface area (Å²) in [6, 6.07) is 17.6. The molecule has 1 fully saturated rings. The number of anilines is 1. The zero-order valence-electron chi connectivity index (χ0n) is 16.4. The lowest BCUT2D eigenvalue weighted by atomic mass is 10.3. The van der Waals surface area contributed by atoms with E-state index in [1.54, 1.807) is 11.8 Å². The molecule has 1 saturated carbocycles. The van der Waals surface area contributed by atoms with Crippen molar-refractivity contribution >= 4 is 23.4 Å². The third kappa shape index (κ3) is 4.98. The van der Waals surface area contributed by atoms with Gasteiger partial charge in [-0.3, -0.25) is 9.36 Å². The van der Waals surface area contributed by atoms with Crippen molar-refractivity contribution in [1.29, 1.82) is 0 Å². The Balaban J connectivity index is 1.35. The van der Waals surface area contributed by atoms with Crippen molar-refractivity contribution in [2.45, 2.75) is 37.3 Å². The number of nitrogens with one attached hydrogen (secondary N) is 1. The lowest BCUT2D eigenvalue weighted by Crippen LogP contribution is -2.12. The summed E-state index contributed by atoms with van der Waals surface area (Å²) < 4.78 is 7.55. The van der Waals surface area contributed by atoms with Crippen molar-refractivity contribution in [2.24, 2.45) is 0 Å². The van der Waals surface area contributed by atoms with Crippen LogP contribution in [0, 0.1) is 0 Å². The molecule has 29 heavy (non-hydrogen) atoms. The van der Waals surface area contributed by atoms with Gasteiger partial charge in [0.25, 0.3) is 0 Å². The molecule has 0 aliphatic heterocycles. The van der Waals surface area contributed by atoms with Gasteiger partial charge in [0.1, 0.15) is 11.6 Å². The molecule has 1 N–H and O–H groups in total. The van der Waals surface area contributed by atoms with Crippen LogP contribution in [0.3, 0.4) is 0 Å². The van der Waals surface area contributed by atoms with Gasteiger partial charge < -0.3 is 10.1 Å². The number of hydrogen-bond acceptors (Lipinski definition) is 5. The van der Waals surface area contributed by atoms with Crippen molar-refractivity contribution < 1.29 is 9.53 Å². The summed E-state index contributed by atoms with van der Waals surface area (Å²) >= 11 is 1.56. The van der Waals surface area contributed by atoms with Crippen LogP contribution in [0.5, 0.6) is 5.75 Å². The lowest BCUT2D eigenvalue weighted by molar-refractivity contribution is -0.115. The van der Waals surface area contributed by atoms with Gasteiger partial charge >= 0.3 is 0 Å². The number of amides is 1. The first-order chi connectivity index (χ1) is 14.2. The molecular weight excluding hydrogens is 384 g/mol. The number of para-hydroxylation sites is 1. The number of aromatic nitrogens is 3. The van der Waals surface area contributed by atoms with Crippen LogP contribution < -0.4 is 10.1 Å². The highest BCUT2D eigenvalue weighted by Gasteiger charge is 2.31. The fourth-order valence-corrected chi connectivity index (χ4v) is 3.96. The summed E-state index contributed by atoms with van der Waals surface area (Å²) in [5.74, 6) is 2.94. The number of benzene rings is 2. The van der Waals surface area contributed by atoms with Gasteiger partial charge in [0, 0.05) is 29.5 Å². The summed E-state index contributed by atoms with van der Waals surface area (Å²) in [6.07, 6.45) is 2.73. The van der Waals surface area contributed by atoms with Crippen molar-refractivity contribution in [3.63, 3.8) is 0 Å². The molecular formula is C22H24N4O2S. The molecule has 1 aliphatic rings. The third-order valence-electron chi connectivity index (χ3n) is 4.62. The van der Waals surface area contributed by atoms with E-state index in [-0.39, 0.29) is 5.91 Å². The Morgan fingerprint density at radius 2 is 1.90 bits per heavy atom. The highest BCUT2D eigenvalue weighted by atomic mass is 32.2. The molecule has 0 bridgehead atoms. The van der Waals surface area contributed by atoms with E-state index in [1.165, 1.54) is 12.8 Å². The molecule has 1 aromatic heterocycles. The summed E-state index contributed by atoms with van der Waals surface area (Å²) in [6.45, 7) is 2.57. The normalized spacial score (nSPS) is 13.3. The van der Waals surface area contributed by atoms with E-state index in [0.717, 1.165) is 28.1 Å². The van der Waals surface area contributed by atoms with Crippen LogP contribution in [0.25, 0.3) is 5.69 Å². The van der Waals surface area contributed by atoms with Crippen LogP contribution in [0.15, 0.2) is 59.8 Å². The van der Waals surface area contributed by atoms with Crippen LogP contribution >= 0.6 is 11.8 Å². The Labute approximate surface area is 174 Å². The second-order valence-corrected chi connectivity index (χ2v) is 7.95. The number of carbonyl (C=O) groups excluding carboxylic acids is 1. The number of rotatable bonds is 9. The van der Waals surface area contributed by atoms with E-state index in [0.29, 0.717) is 24.7 Å². The largest absolute Gasteiger partial charge is 0.494 e. The van der Waals surface area contributed by atoms with Crippen molar-refractivity contribution in [1.82, 2.24) is 14.8 Å². The first-order valence-corrected chi connectivity index (χ1v) is 10.9. The third-order valence-corrected chi connectivity index (χ3v) is 5.56. The summed E-state index contributed by atoms with van der Waals surface area (Å²) in [7, 11) is 0. The number of carbonyl (C=O) groups is 1. The molecule has 0 spiro atoms. The van der Waals surface area contributed by atoms with Crippen LogP contribution in [-0.2, 0) is 4.79 Å². The fourth-order valence-electron chi connectivity index (χ4n) is 3.06. The first-order valence-electron chi connectivity index (χ1n) is 9.91. The van der Waals surface area contributed by atoms with Crippen molar-refractivity contribution in [2.75, 3.05) is 17.7 Å². The average Bonchev–Trinajstić information content (AvgIpc) is 3.50. The van der Waals surface area contributed by atoms with Gasteiger partial charge in [-0.1, -0.05) is 30.0 Å². The zero-order valence-corrected chi connectivity index (χ0v) is 17.2. The lowest BCUT2D eigenvalue weighted by Gasteiger charge is -2.10. The van der Waals surface area contributed by atoms with Gasteiger partial charge in [0.15, 0.2) is 5.16 Å². The van der Waals surface area contributed by atoms with Crippen LogP contribution in [0.1, 0.15) is 37.9 Å². The minimum Gasteiger partial charge on any atom is -0.494 e. The smallest absolute Gasteiger partial charge is 0.225 e. The van der Waals surface area contributed by atoms with E-state index in [4.69, 9.17) is 4.74 Å². The van der Waals surface area contributed by atoms with Crippen molar-refractivity contribution in [3.05, 3.63) is 60.4 Å². The fraction of sp³-hybridized carbons (Fsp3) is 0.318. The van der Waals surface area contributed by atoms with Crippen LogP contribution in [0.2, 0.25) is 0 Å². The molecule has 2 aromatic carbocycles. The van der Waals surface area contributed by atoms with Gasteiger partial charge in [-0.15, -0.1) is 10.2 Å². The van der Waals surface area contributed by atoms with Gasteiger partial charge in [-0.2, -0.15) is 0 Å². The Bertz CT molecular complexity index is 953. The Hall–Kier alpha value is -2.80. The number of nitrogens with zero attached hydrogens (tertiary/aromatic N) is 3. The minimum atomic E-state index is -0.0187. The quantitative estimate of drug-likeness (QED) is 0.521. The molecule has 3 aromatic rings. The molecule has 1 aliphatic carbocycles. The van der Waals surface area contributed by atoms with Gasteiger partial charge in [0.2, 0.25) is 5.91 Å². The van der Waals surface area contributed by atoms with E-state index in [9.17, 15) is 4.79 Å². The first kappa shape index (κ1) is 19.5.